The van der Waals surface area contributed by atoms with E-state index in [1.165, 1.54) is 0 Å². The summed E-state index contributed by atoms with van der Waals surface area (Å²) in [5.41, 5.74) is 2.62. The maximum Gasteiger partial charge on any atom is 0.274 e. The standard InChI is InChI=1S/C17H25N5O2/c1-12-8-15(19-20(12)3)17(23)21-7-5-6-14(10-21)22-13(2)9-18-16(22)11-24-4/h8-9,14H,5-7,10-11H2,1-4H3. The van der Waals surface area contributed by atoms with Crippen molar-refractivity contribution < 1.29 is 9.53 Å². The summed E-state index contributed by atoms with van der Waals surface area (Å²) in [4.78, 5) is 19.1. The van der Waals surface area contributed by atoms with Crippen molar-refractivity contribution in [3.8, 4) is 0 Å². The SMILES string of the molecule is COCc1ncc(C)n1C1CCCN(C(=O)c2cc(C)n(C)n2)C1. The van der Waals surface area contributed by atoms with Gasteiger partial charge in [-0.1, -0.05) is 0 Å². The van der Waals surface area contributed by atoms with Crippen molar-refractivity contribution in [2.45, 2.75) is 39.3 Å². The van der Waals surface area contributed by atoms with E-state index in [1.807, 2.05) is 31.1 Å². The molecular formula is C17H25N5O2. The fourth-order valence-electron chi connectivity index (χ4n) is 3.41. The van der Waals surface area contributed by atoms with E-state index in [2.05, 4.69) is 21.6 Å². The molecular weight excluding hydrogens is 306 g/mol. The molecule has 3 heterocycles. The first-order chi connectivity index (χ1) is 11.5. The number of nitrogens with zero attached hydrogens (tertiary/aromatic N) is 5. The topological polar surface area (TPSA) is 65.2 Å². The zero-order chi connectivity index (χ0) is 17.3. The number of rotatable bonds is 4. The molecule has 2 aromatic heterocycles. The molecule has 0 saturated carbocycles. The molecule has 1 aliphatic rings. The molecule has 130 valence electrons. The minimum absolute atomic E-state index is 0.00876. The van der Waals surface area contributed by atoms with Crippen LogP contribution in [0, 0.1) is 13.8 Å². The molecule has 1 atom stereocenters. The van der Waals surface area contributed by atoms with Crippen LogP contribution in [0.3, 0.4) is 0 Å². The monoisotopic (exact) mass is 331 g/mol. The van der Waals surface area contributed by atoms with E-state index < -0.39 is 0 Å². The van der Waals surface area contributed by atoms with Crippen LogP contribution < -0.4 is 0 Å². The van der Waals surface area contributed by atoms with E-state index in [9.17, 15) is 4.79 Å². The highest BCUT2D eigenvalue weighted by Crippen LogP contribution is 2.26. The predicted octanol–water partition coefficient (Wildman–Crippen LogP) is 1.86. The second-order valence-corrected chi connectivity index (χ2v) is 6.46. The first-order valence-electron chi connectivity index (χ1n) is 8.32. The number of imidazole rings is 1. The van der Waals surface area contributed by atoms with Gasteiger partial charge in [-0.3, -0.25) is 9.48 Å². The van der Waals surface area contributed by atoms with Gasteiger partial charge in [0.05, 0.1) is 6.04 Å². The molecule has 1 aliphatic heterocycles. The maximum atomic E-state index is 12.8. The van der Waals surface area contributed by atoms with Crippen LogP contribution in [0.4, 0.5) is 0 Å². The van der Waals surface area contributed by atoms with Crippen LogP contribution in [0.2, 0.25) is 0 Å². The smallest absolute Gasteiger partial charge is 0.274 e. The third-order valence-electron chi connectivity index (χ3n) is 4.71. The number of carbonyl (C=O) groups excluding carboxylic acids is 1. The van der Waals surface area contributed by atoms with Crippen LogP contribution >= 0.6 is 0 Å². The number of aryl methyl sites for hydroxylation is 3. The molecule has 1 amide bonds. The summed E-state index contributed by atoms with van der Waals surface area (Å²) < 4.78 is 9.21. The Hall–Kier alpha value is -2.15. The highest BCUT2D eigenvalue weighted by molar-refractivity contribution is 5.92. The van der Waals surface area contributed by atoms with Crippen molar-refractivity contribution in [3.05, 3.63) is 35.2 Å². The van der Waals surface area contributed by atoms with Crippen LogP contribution in [0.5, 0.6) is 0 Å². The summed E-state index contributed by atoms with van der Waals surface area (Å²) >= 11 is 0. The maximum absolute atomic E-state index is 12.8. The Kier molecular flexibility index (Phi) is 4.71. The molecule has 0 aliphatic carbocycles. The largest absolute Gasteiger partial charge is 0.377 e. The molecule has 0 bridgehead atoms. The first-order valence-corrected chi connectivity index (χ1v) is 8.32. The number of carbonyl (C=O) groups is 1. The fraction of sp³-hybridized carbons (Fsp3) is 0.588. The fourth-order valence-corrected chi connectivity index (χ4v) is 3.41. The second kappa shape index (κ2) is 6.76. The predicted molar refractivity (Wildman–Crippen MR) is 89.8 cm³/mol. The van der Waals surface area contributed by atoms with Gasteiger partial charge >= 0.3 is 0 Å². The first kappa shape index (κ1) is 16.7. The van der Waals surface area contributed by atoms with Crippen LogP contribution in [0.15, 0.2) is 12.3 Å². The molecule has 0 aromatic carbocycles. The van der Waals surface area contributed by atoms with Crippen molar-refractivity contribution in [1.82, 2.24) is 24.2 Å². The number of hydrogen-bond acceptors (Lipinski definition) is 4. The number of amides is 1. The summed E-state index contributed by atoms with van der Waals surface area (Å²) in [5.74, 6) is 0.928. The zero-order valence-corrected chi connectivity index (χ0v) is 14.8. The van der Waals surface area contributed by atoms with Crippen LogP contribution in [-0.2, 0) is 18.4 Å². The Morgan fingerprint density at radius 2 is 2.17 bits per heavy atom. The number of ether oxygens (including phenoxy) is 1. The minimum Gasteiger partial charge on any atom is -0.377 e. The summed E-state index contributed by atoms with van der Waals surface area (Å²) in [6, 6.07) is 2.09. The van der Waals surface area contributed by atoms with Gasteiger partial charge in [0, 0.05) is 44.8 Å². The van der Waals surface area contributed by atoms with Crippen molar-refractivity contribution >= 4 is 5.91 Å². The van der Waals surface area contributed by atoms with E-state index in [0.29, 0.717) is 18.8 Å². The average molecular weight is 331 g/mol. The zero-order valence-electron chi connectivity index (χ0n) is 14.8. The quantitative estimate of drug-likeness (QED) is 0.858. The Balaban J connectivity index is 1.79. The van der Waals surface area contributed by atoms with Gasteiger partial charge in [-0.05, 0) is 32.8 Å². The molecule has 7 nitrogen and oxygen atoms in total. The Morgan fingerprint density at radius 3 is 2.83 bits per heavy atom. The molecule has 24 heavy (non-hydrogen) atoms. The molecule has 1 saturated heterocycles. The van der Waals surface area contributed by atoms with Gasteiger partial charge in [0.1, 0.15) is 12.4 Å². The summed E-state index contributed by atoms with van der Waals surface area (Å²) in [6.07, 6.45) is 3.89. The number of methoxy groups -OCH3 is 1. The Morgan fingerprint density at radius 1 is 1.38 bits per heavy atom. The Labute approximate surface area is 142 Å². The lowest BCUT2D eigenvalue weighted by atomic mass is 10.0. The van der Waals surface area contributed by atoms with Crippen LogP contribution in [-0.4, -0.2) is 50.3 Å². The highest BCUT2D eigenvalue weighted by atomic mass is 16.5. The van der Waals surface area contributed by atoms with Crippen LogP contribution in [0.25, 0.3) is 0 Å². The van der Waals surface area contributed by atoms with Gasteiger partial charge in [0.2, 0.25) is 0 Å². The third-order valence-corrected chi connectivity index (χ3v) is 4.71. The van der Waals surface area contributed by atoms with Gasteiger partial charge in [-0.2, -0.15) is 5.10 Å². The number of likely N-dealkylation sites (tertiary alicyclic amines) is 1. The average Bonchev–Trinajstić information content (AvgIpc) is 3.10. The van der Waals surface area contributed by atoms with Gasteiger partial charge < -0.3 is 14.2 Å². The molecule has 0 radical (unpaired) electrons. The molecule has 1 unspecified atom stereocenters. The number of aromatic nitrogens is 4. The highest BCUT2D eigenvalue weighted by Gasteiger charge is 2.28. The normalized spacial score (nSPS) is 18.2. The van der Waals surface area contributed by atoms with Crippen molar-refractivity contribution in [2.75, 3.05) is 20.2 Å². The molecule has 2 aromatic rings. The molecule has 0 N–H and O–H groups in total. The van der Waals surface area contributed by atoms with Gasteiger partial charge in [0.15, 0.2) is 5.69 Å². The summed E-state index contributed by atoms with van der Waals surface area (Å²) in [7, 11) is 3.53. The van der Waals surface area contributed by atoms with E-state index >= 15 is 0 Å². The number of hydrogen-bond donors (Lipinski definition) is 0. The van der Waals surface area contributed by atoms with E-state index in [0.717, 1.165) is 36.6 Å². The van der Waals surface area contributed by atoms with Gasteiger partial charge in [0.25, 0.3) is 5.91 Å². The van der Waals surface area contributed by atoms with Crippen molar-refractivity contribution in [3.63, 3.8) is 0 Å². The third kappa shape index (κ3) is 3.08. The van der Waals surface area contributed by atoms with Gasteiger partial charge in [-0.25, -0.2) is 4.98 Å². The lowest BCUT2D eigenvalue weighted by Crippen LogP contribution is -2.41. The lowest BCUT2D eigenvalue weighted by Gasteiger charge is -2.34. The van der Waals surface area contributed by atoms with Crippen molar-refractivity contribution in [2.24, 2.45) is 7.05 Å². The van der Waals surface area contributed by atoms with E-state index in [-0.39, 0.29) is 11.9 Å². The lowest BCUT2D eigenvalue weighted by molar-refractivity contribution is 0.0665. The molecule has 3 rings (SSSR count). The van der Waals surface area contributed by atoms with Gasteiger partial charge in [-0.15, -0.1) is 0 Å². The number of piperidine rings is 1. The second-order valence-electron chi connectivity index (χ2n) is 6.46. The molecule has 7 heteroatoms. The van der Waals surface area contributed by atoms with Crippen LogP contribution in [0.1, 0.15) is 46.6 Å². The molecule has 0 spiro atoms. The molecule has 1 fully saturated rings. The summed E-state index contributed by atoms with van der Waals surface area (Å²) in [6.45, 7) is 5.95. The Bertz CT molecular complexity index is 714. The minimum atomic E-state index is 0.00876. The van der Waals surface area contributed by atoms with E-state index in [1.54, 1.807) is 11.8 Å². The van der Waals surface area contributed by atoms with Crippen molar-refractivity contribution in [1.29, 1.82) is 0 Å². The van der Waals surface area contributed by atoms with E-state index in [4.69, 9.17) is 4.74 Å². The summed E-state index contributed by atoms with van der Waals surface area (Å²) in [5, 5.41) is 4.32.